The largest absolute Gasteiger partial charge is 0.534 e. The summed E-state index contributed by atoms with van der Waals surface area (Å²) in [5, 5.41) is 8.07. The van der Waals surface area contributed by atoms with Crippen LogP contribution in [0.2, 0.25) is 0 Å². The van der Waals surface area contributed by atoms with Gasteiger partial charge in [-0.3, -0.25) is 9.05 Å². The average molecular weight is 557 g/mol. The Morgan fingerprint density at radius 1 is 0.778 bits per heavy atom. The monoisotopic (exact) mass is 556 g/mol. The molecule has 0 rings (SSSR count). The SMILES string of the molecule is CCCCCCCCCCCCS(=O)(=O)C(CCCCCCC)C(C)OP(=O)(OCCC)OC(=O)O. The van der Waals surface area contributed by atoms with Gasteiger partial charge in [-0.15, -0.1) is 0 Å². The molecule has 3 unspecified atom stereocenters. The molecule has 1 N–H and O–H groups in total. The predicted molar refractivity (Wildman–Crippen MR) is 146 cm³/mol. The first-order valence-electron chi connectivity index (χ1n) is 14.2. The molecular weight excluding hydrogens is 503 g/mol. The van der Waals surface area contributed by atoms with Gasteiger partial charge < -0.3 is 9.63 Å². The Bertz CT molecular complexity index is 698. The van der Waals surface area contributed by atoms with Crippen LogP contribution < -0.4 is 0 Å². The second kappa shape index (κ2) is 21.3. The summed E-state index contributed by atoms with van der Waals surface area (Å²) in [5.41, 5.74) is 0. The van der Waals surface area contributed by atoms with E-state index in [4.69, 9.17) is 14.2 Å². The molecule has 0 aliphatic rings. The molecule has 0 saturated heterocycles. The summed E-state index contributed by atoms with van der Waals surface area (Å²) >= 11 is 0. The van der Waals surface area contributed by atoms with E-state index in [1.54, 1.807) is 6.92 Å². The predicted octanol–water partition coefficient (Wildman–Crippen LogP) is 8.69. The molecule has 0 amide bonds. The van der Waals surface area contributed by atoms with E-state index in [9.17, 15) is 17.8 Å². The summed E-state index contributed by atoms with van der Waals surface area (Å²) in [4.78, 5) is 11.0. The molecule has 0 spiro atoms. The van der Waals surface area contributed by atoms with Crippen LogP contribution in [0.25, 0.3) is 0 Å². The highest BCUT2D eigenvalue weighted by atomic mass is 32.2. The molecule has 0 aromatic rings. The molecular formula is C26H53O8PS. The molecule has 0 fully saturated rings. The van der Waals surface area contributed by atoms with E-state index < -0.39 is 35.2 Å². The molecule has 216 valence electrons. The summed E-state index contributed by atoms with van der Waals surface area (Å²) in [6.07, 6.45) is 14.0. The number of sulfone groups is 1. The number of phosphoric ester groups is 1. The molecule has 36 heavy (non-hydrogen) atoms. The second-order valence-electron chi connectivity index (χ2n) is 9.74. The van der Waals surface area contributed by atoms with Gasteiger partial charge in [0.1, 0.15) is 0 Å². The van der Waals surface area contributed by atoms with Gasteiger partial charge in [0.05, 0.1) is 23.7 Å². The van der Waals surface area contributed by atoms with Crippen LogP contribution in [0.5, 0.6) is 0 Å². The lowest BCUT2D eigenvalue weighted by Crippen LogP contribution is -2.35. The topological polar surface area (TPSA) is 116 Å². The van der Waals surface area contributed by atoms with Crippen molar-refractivity contribution in [1.82, 2.24) is 0 Å². The third kappa shape index (κ3) is 17.8. The van der Waals surface area contributed by atoms with Crippen LogP contribution in [-0.4, -0.2) is 43.4 Å². The van der Waals surface area contributed by atoms with Crippen LogP contribution in [0.15, 0.2) is 0 Å². The van der Waals surface area contributed by atoms with Crippen molar-refractivity contribution < 1.29 is 36.5 Å². The normalized spacial score (nSPS) is 15.3. The van der Waals surface area contributed by atoms with Gasteiger partial charge in [-0.05, 0) is 26.2 Å². The lowest BCUT2D eigenvalue weighted by Gasteiger charge is -2.27. The van der Waals surface area contributed by atoms with Crippen molar-refractivity contribution in [3.63, 3.8) is 0 Å². The minimum Gasteiger partial charge on any atom is -0.449 e. The molecule has 0 saturated carbocycles. The standard InChI is InChI=1S/C26H53O8PS/c1-5-8-10-12-13-14-15-16-18-20-23-36(30,31)25(21-19-17-11-9-6-2)24(4)33-35(29,32-22-7-3)34-26(27)28/h24-25H,5-23H2,1-4H3,(H,27,28). The van der Waals surface area contributed by atoms with Gasteiger partial charge in [0.15, 0.2) is 9.84 Å². The van der Waals surface area contributed by atoms with Crippen LogP contribution in [0.1, 0.15) is 137 Å². The van der Waals surface area contributed by atoms with Gasteiger partial charge in [-0.25, -0.2) is 17.8 Å². The van der Waals surface area contributed by atoms with Crippen molar-refractivity contribution >= 4 is 23.8 Å². The fourth-order valence-corrected chi connectivity index (χ4v) is 7.71. The maximum absolute atomic E-state index is 13.3. The number of phosphoric acid groups is 1. The summed E-state index contributed by atoms with van der Waals surface area (Å²) in [6.45, 7) is 7.58. The number of unbranched alkanes of at least 4 members (excludes halogenated alkanes) is 13. The zero-order chi connectivity index (χ0) is 27.3. The first-order valence-corrected chi connectivity index (χ1v) is 17.4. The fraction of sp³-hybridized carbons (Fsp3) is 0.962. The molecule has 0 aromatic carbocycles. The number of hydrogen-bond acceptors (Lipinski definition) is 7. The number of rotatable bonds is 25. The van der Waals surface area contributed by atoms with Crippen LogP contribution in [0.4, 0.5) is 4.79 Å². The average Bonchev–Trinajstić information content (AvgIpc) is 2.80. The van der Waals surface area contributed by atoms with Crippen LogP contribution in [0.3, 0.4) is 0 Å². The highest BCUT2D eigenvalue weighted by Gasteiger charge is 2.39. The fourth-order valence-electron chi connectivity index (χ4n) is 4.25. The van der Waals surface area contributed by atoms with Crippen LogP contribution >= 0.6 is 7.82 Å². The zero-order valence-electron chi connectivity index (χ0n) is 23.3. The summed E-state index contributed by atoms with van der Waals surface area (Å²) in [7, 11) is -7.99. The lowest BCUT2D eigenvalue weighted by atomic mass is 10.1. The van der Waals surface area contributed by atoms with E-state index in [0.717, 1.165) is 44.9 Å². The maximum Gasteiger partial charge on any atom is 0.534 e. The van der Waals surface area contributed by atoms with Gasteiger partial charge in [-0.1, -0.05) is 111 Å². The Kier molecular flexibility index (Phi) is 20.9. The van der Waals surface area contributed by atoms with Gasteiger partial charge in [0.25, 0.3) is 0 Å². The molecule has 0 bridgehead atoms. The van der Waals surface area contributed by atoms with Crippen molar-refractivity contribution in [3.8, 4) is 0 Å². The van der Waals surface area contributed by atoms with Gasteiger partial charge >= 0.3 is 14.0 Å². The smallest absolute Gasteiger partial charge is 0.449 e. The quantitative estimate of drug-likeness (QED) is 0.0876. The maximum atomic E-state index is 13.3. The van der Waals surface area contributed by atoms with Gasteiger partial charge in [0, 0.05) is 0 Å². The Balaban J connectivity index is 4.98. The lowest BCUT2D eigenvalue weighted by molar-refractivity contribution is 0.0757. The van der Waals surface area contributed by atoms with Crippen molar-refractivity contribution in [3.05, 3.63) is 0 Å². The number of hydrogen-bond donors (Lipinski definition) is 1. The van der Waals surface area contributed by atoms with Crippen molar-refractivity contribution in [2.45, 2.75) is 148 Å². The van der Waals surface area contributed by atoms with Crippen LogP contribution in [-0.2, 0) is 28.0 Å². The van der Waals surface area contributed by atoms with E-state index in [-0.39, 0.29) is 12.4 Å². The van der Waals surface area contributed by atoms with E-state index in [2.05, 4.69) is 18.4 Å². The van der Waals surface area contributed by atoms with Gasteiger partial charge in [-0.2, -0.15) is 0 Å². The Morgan fingerprint density at radius 2 is 1.25 bits per heavy atom. The minimum atomic E-state index is -4.44. The summed E-state index contributed by atoms with van der Waals surface area (Å²) < 4.78 is 54.3. The summed E-state index contributed by atoms with van der Waals surface area (Å²) in [6, 6.07) is 0. The Hall–Kier alpha value is -0.630. The second-order valence-corrected chi connectivity index (χ2v) is 13.6. The Labute approximate surface area is 220 Å². The van der Waals surface area contributed by atoms with Crippen molar-refractivity contribution in [1.29, 1.82) is 0 Å². The zero-order valence-corrected chi connectivity index (χ0v) is 25.0. The van der Waals surface area contributed by atoms with Crippen molar-refractivity contribution in [2.75, 3.05) is 12.4 Å². The highest BCUT2D eigenvalue weighted by molar-refractivity contribution is 7.92. The Morgan fingerprint density at radius 3 is 1.72 bits per heavy atom. The molecule has 3 atom stereocenters. The van der Waals surface area contributed by atoms with E-state index in [1.165, 1.54) is 45.4 Å². The third-order valence-electron chi connectivity index (χ3n) is 6.30. The molecule has 0 aliphatic heterocycles. The highest BCUT2D eigenvalue weighted by Crippen LogP contribution is 2.51. The van der Waals surface area contributed by atoms with E-state index in [1.807, 2.05) is 0 Å². The first-order chi connectivity index (χ1) is 17.1. The van der Waals surface area contributed by atoms with Gasteiger partial charge in [0.2, 0.25) is 0 Å². The first kappa shape index (κ1) is 35.4. The molecule has 10 heteroatoms. The van der Waals surface area contributed by atoms with E-state index in [0.29, 0.717) is 25.7 Å². The molecule has 0 aromatic heterocycles. The third-order valence-corrected chi connectivity index (χ3v) is 10.2. The van der Waals surface area contributed by atoms with Crippen molar-refractivity contribution in [2.24, 2.45) is 0 Å². The number of carbonyl (C=O) groups is 1. The molecule has 0 aliphatic carbocycles. The molecule has 8 nitrogen and oxygen atoms in total. The van der Waals surface area contributed by atoms with E-state index >= 15 is 0 Å². The molecule has 0 radical (unpaired) electrons. The summed E-state index contributed by atoms with van der Waals surface area (Å²) in [5.74, 6) is 0.0384. The number of carboxylic acid groups (broad SMARTS) is 1. The van der Waals surface area contributed by atoms with Crippen LogP contribution in [0, 0.1) is 0 Å². The molecule has 0 heterocycles. The minimum absolute atomic E-state index is 0.0235.